The molecule has 6 heteroatoms. The number of aromatic nitrogens is 1. The van der Waals surface area contributed by atoms with E-state index >= 15 is 0 Å². The van der Waals surface area contributed by atoms with Gasteiger partial charge in [0.25, 0.3) is 10.0 Å². The average Bonchev–Trinajstić information content (AvgIpc) is 2.91. The van der Waals surface area contributed by atoms with Gasteiger partial charge in [0.05, 0.1) is 11.4 Å². The molecule has 0 N–H and O–H groups in total. The Balaban J connectivity index is 2.24. The number of sulfonamides is 1. The predicted octanol–water partition coefficient (Wildman–Crippen LogP) is 4.44. The van der Waals surface area contributed by atoms with Gasteiger partial charge >= 0.3 is 0 Å². The van der Waals surface area contributed by atoms with E-state index in [-0.39, 0.29) is 10.7 Å². The summed E-state index contributed by atoms with van der Waals surface area (Å²) >= 11 is 0. The van der Waals surface area contributed by atoms with E-state index in [2.05, 4.69) is 5.16 Å². The highest BCUT2D eigenvalue weighted by atomic mass is 32.2. The summed E-state index contributed by atoms with van der Waals surface area (Å²) in [6.45, 7) is 7.16. The molecule has 0 bridgehead atoms. The smallest absolute Gasteiger partial charge is 0.274 e. The Bertz CT molecular complexity index is 923. The van der Waals surface area contributed by atoms with Gasteiger partial charge in [-0.2, -0.15) is 0 Å². The van der Waals surface area contributed by atoms with Gasteiger partial charge in [0.1, 0.15) is 5.69 Å². The average molecular weight is 356 g/mol. The van der Waals surface area contributed by atoms with E-state index in [1.165, 1.54) is 4.31 Å². The van der Waals surface area contributed by atoms with Crippen LogP contribution < -0.4 is 4.31 Å². The number of rotatable bonds is 4. The SMILES string of the molecule is Cc1ccc(N(c2ccc(C)cc2)S(=O)(=O)c2c(C)noc2C)cc1. The number of hydrogen-bond acceptors (Lipinski definition) is 4. The highest BCUT2D eigenvalue weighted by Crippen LogP contribution is 2.34. The molecular weight excluding hydrogens is 336 g/mol. The predicted molar refractivity (Wildman–Crippen MR) is 97.7 cm³/mol. The van der Waals surface area contributed by atoms with E-state index in [9.17, 15) is 8.42 Å². The van der Waals surface area contributed by atoms with Gasteiger partial charge in [-0.3, -0.25) is 0 Å². The molecule has 0 spiro atoms. The first-order valence-electron chi connectivity index (χ1n) is 7.92. The summed E-state index contributed by atoms with van der Waals surface area (Å²) in [4.78, 5) is 0.105. The lowest BCUT2D eigenvalue weighted by atomic mass is 10.2. The minimum Gasteiger partial charge on any atom is -0.360 e. The molecule has 0 aliphatic carbocycles. The highest BCUT2D eigenvalue weighted by molar-refractivity contribution is 7.93. The summed E-state index contributed by atoms with van der Waals surface area (Å²) in [6, 6.07) is 14.7. The maximum absolute atomic E-state index is 13.4. The van der Waals surface area contributed by atoms with Crippen molar-refractivity contribution in [2.75, 3.05) is 4.31 Å². The lowest BCUT2D eigenvalue weighted by molar-refractivity contribution is 0.390. The Morgan fingerprint density at radius 1 is 0.800 bits per heavy atom. The number of anilines is 2. The van der Waals surface area contributed by atoms with Crippen LogP contribution in [0.4, 0.5) is 11.4 Å². The van der Waals surface area contributed by atoms with Crippen LogP contribution in [0.2, 0.25) is 0 Å². The van der Waals surface area contributed by atoms with Crippen LogP contribution in [0.15, 0.2) is 57.9 Å². The molecule has 0 unspecified atom stereocenters. The first-order valence-corrected chi connectivity index (χ1v) is 9.36. The maximum atomic E-state index is 13.4. The van der Waals surface area contributed by atoms with Crippen molar-refractivity contribution in [3.8, 4) is 0 Å². The number of aryl methyl sites for hydroxylation is 4. The molecule has 0 aliphatic rings. The zero-order valence-corrected chi connectivity index (χ0v) is 15.5. The van der Waals surface area contributed by atoms with Crippen molar-refractivity contribution < 1.29 is 12.9 Å². The van der Waals surface area contributed by atoms with E-state index in [0.717, 1.165) is 11.1 Å². The monoisotopic (exact) mass is 356 g/mol. The van der Waals surface area contributed by atoms with Crippen molar-refractivity contribution in [3.63, 3.8) is 0 Å². The van der Waals surface area contributed by atoms with Gasteiger partial charge in [-0.25, -0.2) is 12.7 Å². The summed E-state index contributed by atoms with van der Waals surface area (Å²) in [7, 11) is -3.87. The fourth-order valence-electron chi connectivity index (χ4n) is 2.72. The molecule has 0 aliphatic heterocycles. The first-order chi connectivity index (χ1) is 11.8. The Morgan fingerprint density at radius 3 is 1.60 bits per heavy atom. The van der Waals surface area contributed by atoms with Crippen molar-refractivity contribution in [2.45, 2.75) is 32.6 Å². The lowest BCUT2D eigenvalue weighted by Gasteiger charge is -2.24. The summed E-state index contributed by atoms with van der Waals surface area (Å²) in [5, 5.41) is 3.80. The van der Waals surface area contributed by atoms with Crippen LogP contribution in [0.1, 0.15) is 22.6 Å². The second-order valence-electron chi connectivity index (χ2n) is 6.09. The first kappa shape index (κ1) is 17.2. The zero-order chi connectivity index (χ0) is 18.2. The molecule has 0 atom stereocenters. The van der Waals surface area contributed by atoms with Crippen LogP contribution in [0.5, 0.6) is 0 Å². The van der Waals surface area contributed by atoms with E-state index in [1.54, 1.807) is 38.1 Å². The van der Waals surface area contributed by atoms with Crippen molar-refractivity contribution in [2.24, 2.45) is 0 Å². The van der Waals surface area contributed by atoms with Crippen LogP contribution in [0.25, 0.3) is 0 Å². The lowest BCUT2D eigenvalue weighted by Crippen LogP contribution is -2.27. The standard InChI is InChI=1S/C19H20N2O3S/c1-13-5-9-17(10-6-13)21(18-11-7-14(2)8-12-18)25(22,23)19-15(3)20-24-16(19)4/h5-12H,1-4H3. The Hall–Kier alpha value is -2.60. The number of nitrogens with zero attached hydrogens (tertiary/aromatic N) is 2. The molecule has 0 amide bonds. The number of benzene rings is 2. The second-order valence-corrected chi connectivity index (χ2v) is 7.82. The Morgan fingerprint density at radius 2 is 1.24 bits per heavy atom. The molecule has 25 heavy (non-hydrogen) atoms. The third kappa shape index (κ3) is 3.17. The Kier molecular flexibility index (Phi) is 4.39. The topological polar surface area (TPSA) is 63.4 Å². The number of hydrogen-bond donors (Lipinski definition) is 0. The van der Waals surface area contributed by atoms with Crippen LogP contribution in [-0.4, -0.2) is 13.6 Å². The third-order valence-electron chi connectivity index (χ3n) is 4.00. The molecule has 3 rings (SSSR count). The third-order valence-corrected chi connectivity index (χ3v) is 6.00. The second kappa shape index (κ2) is 6.37. The van der Waals surface area contributed by atoms with Crippen LogP contribution in [-0.2, 0) is 10.0 Å². The minimum atomic E-state index is -3.87. The molecule has 3 aromatic rings. The van der Waals surface area contributed by atoms with Crippen molar-refractivity contribution in [1.29, 1.82) is 0 Å². The highest BCUT2D eigenvalue weighted by Gasteiger charge is 2.32. The molecule has 5 nitrogen and oxygen atoms in total. The van der Waals surface area contributed by atoms with Crippen molar-refractivity contribution >= 4 is 21.4 Å². The summed E-state index contributed by atoms with van der Waals surface area (Å²) in [5.41, 5.74) is 3.59. The molecule has 2 aromatic carbocycles. The van der Waals surface area contributed by atoms with Crippen molar-refractivity contribution in [3.05, 3.63) is 71.1 Å². The van der Waals surface area contributed by atoms with Gasteiger partial charge in [-0.15, -0.1) is 0 Å². The molecular formula is C19H20N2O3S. The summed E-state index contributed by atoms with van der Waals surface area (Å²) in [5.74, 6) is 0.279. The van der Waals surface area contributed by atoms with E-state index in [1.807, 2.05) is 38.1 Å². The quantitative estimate of drug-likeness (QED) is 0.693. The molecule has 0 saturated carbocycles. The van der Waals surface area contributed by atoms with E-state index in [0.29, 0.717) is 17.1 Å². The molecule has 0 fully saturated rings. The van der Waals surface area contributed by atoms with Crippen LogP contribution >= 0.6 is 0 Å². The maximum Gasteiger partial charge on any atom is 0.274 e. The molecule has 0 radical (unpaired) electrons. The van der Waals surface area contributed by atoms with Crippen molar-refractivity contribution in [1.82, 2.24) is 5.16 Å². The van der Waals surface area contributed by atoms with Gasteiger partial charge in [-0.05, 0) is 52.0 Å². The fourth-order valence-corrected chi connectivity index (χ4v) is 4.51. The van der Waals surface area contributed by atoms with Crippen LogP contribution in [0, 0.1) is 27.7 Å². The van der Waals surface area contributed by atoms with E-state index in [4.69, 9.17) is 4.52 Å². The van der Waals surface area contributed by atoms with Gasteiger partial charge in [-0.1, -0.05) is 40.5 Å². The van der Waals surface area contributed by atoms with Gasteiger partial charge < -0.3 is 4.52 Å². The zero-order valence-electron chi connectivity index (χ0n) is 14.6. The summed E-state index contributed by atoms with van der Waals surface area (Å²) in [6.07, 6.45) is 0. The van der Waals surface area contributed by atoms with E-state index < -0.39 is 10.0 Å². The van der Waals surface area contributed by atoms with Gasteiger partial charge in [0.2, 0.25) is 0 Å². The summed E-state index contributed by atoms with van der Waals surface area (Å²) < 4.78 is 33.3. The van der Waals surface area contributed by atoms with Crippen LogP contribution in [0.3, 0.4) is 0 Å². The van der Waals surface area contributed by atoms with Gasteiger partial charge in [0.15, 0.2) is 10.7 Å². The van der Waals surface area contributed by atoms with Gasteiger partial charge in [0, 0.05) is 0 Å². The molecule has 1 aromatic heterocycles. The molecule has 0 saturated heterocycles. The largest absolute Gasteiger partial charge is 0.360 e. The minimum absolute atomic E-state index is 0.105. The molecule has 1 heterocycles. The normalized spacial score (nSPS) is 11.5. The molecule has 130 valence electrons. The Labute approximate surface area is 147 Å². The fraction of sp³-hybridized carbons (Fsp3) is 0.211.